The van der Waals surface area contributed by atoms with Crippen molar-refractivity contribution in [2.75, 3.05) is 69.2 Å². The lowest BCUT2D eigenvalue weighted by Gasteiger charge is -2.29. The summed E-state index contributed by atoms with van der Waals surface area (Å²) < 4.78 is 18.6. The number of benzene rings is 2. The number of hydrogen-bond donors (Lipinski definition) is 5. The van der Waals surface area contributed by atoms with E-state index in [9.17, 15) is 18.8 Å². The number of rotatable bonds is 9. The molecular formula is C26H30Cl2FN7O4. The zero-order valence-electron chi connectivity index (χ0n) is 21.6. The third kappa shape index (κ3) is 8.20. The molecule has 1 fully saturated rings. The van der Waals surface area contributed by atoms with Gasteiger partial charge in [0, 0.05) is 43.1 Å². The van der Waals surface area contributed by atoms with Crippen molar-refractivity contribution in [1.82, 2.24) is 21.3 Å². The van der Waals surface area contributed by atoms with E-state index in [1.807, 2.05) is 0 Å². The number of nitrogens with one attached hydrogen (secondary N) is 5. The van der Waals surface area contributed by atoms with Crippen LogP contribution in [0, 0.1) is 0 Å². The zero-order chi connectivity index (χ0) is 28.5. The first-order valence-electron chi connectivity index (χ1n) is 12.7. The van der Waals surface area contributed by atoms with Gasteiger partial charge in [-0.2, -0.15) is 0 Å². The van der Waals surface area contributed by atoms with Gasteiger partial charge in [0.2, 0.25) is 5.91 Å². The number of ether oxygens (including phenoxy) is 1. The minimum Gasteiger partial charge on any atom is -0.378 e. The Morgan fingerprint density at radius 1 is 1.02 bits per heavy atom. The molecule has 1 atom stereocenters. The number of morpholine rings is 1. The lowest BCUT2D eigenvalue weighted by Crippen LogP contribution is -2.41. The third-order valence-corrected chi connectivity index (χ3v) is 6.69. The minimum absolute atomic E-state index is 0.0677. The Morgan fingerprint density at radius 2 is 1.75 bits per heavy atom. The van der Waals surface area contributed by atoms with Crippen LogP contribution in [0.4, 0.5) is 15.8 Å². The second-order valence-electron chi connectivity index (χ2n) is 9.05. The van der Waals surface area contributed by atoms with Gasteiger partial charge in [0.1, 0.15) is 6.17 Å². The Bertz CT molecular complexity index is 1250. The number of guanidine groups is 1. The van der Waals surface area contributed by atoms with Gasteiger partial charge < -0.3 is 36.2 Å². The van der Waals surface area contributed by atoms with Crippen LogP contribution < -0.4 is 31.5 Å². The first-order chi connectivity index (χ1) is 19.3. The van der Waals surface area contributed by atoms with Gasteiger partial charge in [0.25, 0.3) is 11.8 Å². The molecule has 5 N–H and O–H groups in total. The van der Waals surface area contributed by atoms with Crippen LogP contribution in [0.2, 0.25) is 10.0 Å². The molecule has 3 amide bonds. The highest BCUT2D eigenvalue weighted by atomic mass is 35.5. The highest BCUT2D eigenvalue weighted by Gasteiger charge is 2.20. The van der Waals surface area contributed by atoms with E-state index in [0.717, 1.165) is 5.69 Å². The van der Waals surface area contributed by atoms with E-state index in [4.69, 9.17) is 27.9 Å². The van der Waals surface area contributed by atoms with E-state index >= 15 is 0 Å². The Kier molecular flexibility index (Phi) is 10.4. The van der Waals surface area contributed by atoms with Crippen molar-refractivity contribution in [3.63, 3.8) is 0 Å². The molecule has 0 saturated carbocycles. The summed E-state index contributed by atoms with van der Waals surface area (Å²) in [6.07, 6.45) is -1.03. The van der Waals surface area contributed by atoms with Crippen LogP contribution in [0.3, 0.4) is 0 Å². The maximum atomic E-state index is 13.2. The quantitative estimate of drug-likeness (QED) is 0.280. The van der Waals surface area contributed by atoms with Crippen LogP contribution in [0.5, 0.6) is 0 Å². The van der Waals surface area contributed by atoms with Gasteiger partial charge in [-0.05, 0) is 30.3 Å². The van der Waals surface area contributed by atoms with Crippen molar-refractivity contribution < 1.29 is 23.5 Å². The number of hydrogen-bond acceptors (Lipinski definition) is 8. The zero-order valence-corrected chi connectivity index (χ0v) is 23.1. The van der Waals surface area contributed by atoms with Crippen molar-refractivity contribution >= 4 is 58.3 Å². The second-order valence-corrected chi connectivity index (χ2v) is 9.86. The summed E-state index contributed by atoms with van der Waals surface area (Å²) in [4.78, 5) is 43.5. The average Bonchev–Trinajstić information content (AvgIpc) is 2.95. The van der Waals surface area contributed by atoms with Gasteiger partial charge in [0.05, 0.1) is 48.5 Å². The molecule has 1 unspecified atom stereocenters. The molecule has 1 saturated heterocycles. The van der Waals surface area contributed by atoms with E-state index in [1.54, 1.807) is 36.4 Å². The van der Waals surface area contributed by atoms with Crippen molar-refractivity contribution in [3.8, 4) is 0 Å². The first-order valence-corrected chi connectivity index (χ1v) is 13.5. The molecule has 0 spiro atoms. The molecule has 2 aliphatic heterocycles. The highest BCUT2D eigenvalue weighted by molar-refractivity contribution is 6.40. The predicted molar refractivity (Wildman–Crippen MR) is 152 cm³/mol. The molecule has 4 rings (SSSR count). The number of carbonyl (C=O) groups excluding carboxylic acids is 3. The fraction of sp³-hybridized carbons (Fsp3) is 0.385. The molecule has 0 aliphatic carbocycles. The van der Waals surface area contributed by atoms with Crippen molar-refractivity contribution in [2.24, 2.45) is 4.99 Å². The molecule has 2 aromatic carbocycles. The number of anilines is 2. The molecule has 2 aliphatic rings. The summed E-state index contributed by atoms with van der Waals surface area (Å²) in [6, 6.07) is 10.0. The Hall–Kier alpha value is -3.61. The van der Waals surface area contributed by atoms with Gasteiger partial charge in [-0.15, -0.1) is 0 Å². The Labute approximate surface area is 240 Å². The fourth-order valence-corrected chi connectivity index (χ4v) is 4.70. The van der Waals surface area contributed by atoms with E-state index in [0.29, 0.717) is 43.5 Å². The SMILES string of the molecule is O=C(CNC(=O)c1cccc(NC2=NCC(F)CN2)c1)NCCNC(=O)c1c(Cl)cc(N2CCOCC2)cc1Cl. The number of carbonyl (C=O) groups is 3. The summed E-state index contributed by atoms with van der Waals surface area (Å²) in [5.41, 5.74) is 1.90. The van der Waals surface area contributed by atoms with Gasteiger partial charge in [-0.1, -0.05) is 29.3 Å². The summed E-state index contributed by atoms with van der Waals surface area (Å²) in [6.45, 7) is 2.87. The fourth-order valence-electron chi connectivity index (χ4n) is 4.05. The number of nitrogens with zero attached hydrogens (tertiary/aromatic N) is 2. The summed E-state index contributed by atoms with van der Waals surface area (Å²) in [7, 11) is 0. The predicted octanol–water partition coefficient (Wildman–Crippen LogP) is 1.82. The molecule has 14 heteroatoms. The summed E-state index contributed by atoms with van der Waals surface area (Å²) >= 11 is 12.7. The molecule has 2 aromatic rings. The van der Waals surface area contributed by atoms with Gasteiger partial charge in [-0.3, -0.25) is 14.4 Å². The molecule has 11 nitrogen and oxygen atoms in total. The minimum atomic E-state index is -1.03. The maximum Gasteiger partial charge on any atom is 0.254 e. The van der Waals surface area contributed by atoms with Crippen molar-refractivity contribution in [1.29, 1.82) is 0 Å². The van der Waals surface area contributed by atoms with Crippen molar-refractivity contribution in [3.05, 3.63) is 57.6 Å². The summed E-state index contributed by atoms with van der Waals surface area (Å²) in [5, 5.41) is 14.1. The number of halogens is 3. The molecule has 0 bridgehead atoms. The standard InChI is InChI=1S/C26H30Cl2FN7O4/c27-20-11-19(36-6-8-40-9-7-36)12-21(28)23(20)25(39)31-5-4-30-22(37)15-32-24(38)16-2-1-3-18(10-16)35-26-33-13-17(29)14-34-26/h1-3,10-12,17H,4-9,13-15H2,(H,30,37)(H,31,39)(H,32,38)(H2,33,34,35). The first kappa shape index (κ1) is 29.4. The van der Waals surface area contributed by atoms with Crippen LogP contribution in [0.25, 0.3) is 0 Å². The maximum absolute atomic E-state index is 13.2. The largest absolute Gasteiger partial charge is 0.378 e. The Balaban J connectivity index is 1.18. The molecule has 2 heterocycles. The topological polar surface area (TPSA) is 136 Å². The molecule has 0 radical (unpaired) electrons. The number of aliphatic imine (C=N–C) groups is 1. The normalized spacial score (nSPS) is 16.8. The molecule has 214 valence electrons. The monoisotopic (exact) mass is 593 g/mol. The molecular weight excluding hydrogens is 564 g/mol. The lowest BCUT2D eigenvalue weighted by molar-refractivity contribution is -0.120. The third-order valence-electron chi connectivity index (χ3n) is 6.10. The summed E-state index contributed by atoms with van der Waals surface area (Å²) in [5.74, 6) is -0.908. The number of amides is 3. The van der Waals surface area contributed by atoms with Crippen LogP contribution in [0.1, 0.15) is 20.7 Å². The van der Waals surface area contributed by atoms with Gasteiger partial charge >= 0.3 is 0 Å². The van der Waals surface area contributed by atoms with Gasteiger partial charge in [-0.25, -0.2) is 9.38 Å². The molecule has 0 aromatic heterocycles. The lowest BCUT2D eigenvalue weighted by atomic mass is 10.1. The van der Waals surface area contributed by atoms with E-state index in [-0.39, 0.29) is 48.3 Å². The van der Waals surface area contributed by atoms with E-state index < -0.39 is 23.9 Å². The second kappa shape index (κ2) is 14.1. The Morgan fingerprint density at radius 3 is 2.45 bits per heavy atom. The van der Waals surface area contributed by atoms with Crippen LogP contribution in [-0.2, 0) is 9.53 Å². The smallest absolute Gasteiger partial charge is 0.254 e. The van der Waals surface area contributed by atoms with Crippen LogP contribution in [0.15, 0.2) is 41.4 Å². The van der Waals surface area contributed by atoms with E-state index in [2.05, 4.69) is 36.5 Å². The highest BCUT2D eigenvalue weighted by Crippen LogP contribution is 2.31. The van der Waals surface area contributed by atoms with Crippen molar-refractivity contribution in [2.45, 2.75) is 6.17 Å². The average molecular weight is 594 g/mol. The van der Waals surface area contributed by atoms with Gasteiger partial charge in [0.15, 0.2) is 5.96 Å². The van der Waals surface area contributed by atoms with Crippen LogP contribution >= 0.6 is 23.2 Å². The van der Waals surface area contributed by atoms with E-state index in [1.165, 1.54) is 0 Å². The van der Waals surface area contributed by atoms with Crippen LogP contribution in [-0.4, -0.2) is 88.9 Å². The molecule has 40 heavy (non-hydrogen) atoms. The number of alkyl halides is 1.